The second-order valence-corrected chi connectivity index (χ2v) is 6.82. The summed E-state index contributed by atoms with van der Waals surface area (Å²) in [6.45, 7) is 4.28. The summed E-state index contributed by atoms with van der Waals surface area (Å²) >= 11 is 0. The average Bonchev–Trinajstić information content (AvgIpc) is 3.15. The molecule has 0 atom stereocenters. The van der Waals surface area contributed by atoms with E-state index in [0.29, 0.717) is 12.3 Å². The minimum Gasteiger partial charge on any atom is -0.484 e. The van der Waals surface area contributed by atoms with E-state index in [1.54, 1.807) is 0 Å². The second kappa shape index (κ2) is 13.6. The van der Waals surface area contributed by atoms with Crippen molar-refractivity contribution in [1.29, 1.82) is 0 Å². The molecular formula is C20H33IN4O2. The van der Waals surface area contributed by atoms with Gasteiger partial charge in [-0.2, -0.15) is 0 Å². The molecule has 2 rings (SSSR count). The molecule has 1 aromatic carbocycles. The summed E-state index contributed by atoms with van der Waals surface area (Å²) < 4.78 is 5.34. The number of nitrogens with two attached hydrogens (primary N) is 1. The van der Waals surface area contributed by atoms with Gasteiger partial charge in [-0.15, -0.1) is 24.0 Å². The molecule has 0 saturated heterocycles. The molecule has 1 aliphatic carbocycles. The fourth-order valence-corrected chi connectivity index (χ4v) is 3.30. The van der Waals surface area contributed by atoms with Crippen LogP contribution in [0.3, 0.4) is 0 Å². The molecule has 0 radical (unpaired) electrons. The molecule has 7 heteroatoms. The molecular weight excluding hydrogens is 455 g/mol. The van der Waals surface area contributed by atoms with E-state index in [0.717, 1.165) is 30.5 Å². The van der Waals surface area contributed by atoms with Gasteiger partial charge >= 0.3 is 0 Å². The van der Waals surface area contributed by atoms with E-state index in [2.05, 4.69) is 22.5 Å². The Bertz CT molecular complexity index is 589. The summed E-state index contributed by atoms with van der Waals surface area (Å²) in [6, 6.07) is 7.58. The highest BCUT2D eigenvalue weighted by Gasteiger charge is 2.13. The van der Waals surface area contributed by atoms with Crippen LogP contribution in [0, 0.1) is 5.92 Å². The number of nitrogens with zero attached hydrogens (tertiary/aromatic N) is 1. The van der Waals surface area contributed by atoms with Crippen LogP contribution >= 0.6 is 24.0 Å². The van der Waals surface area contributed by atoms with Crippen molar-refractivity contribution in [2.45, 2.75) is 52.0 Å². The molecule has 27 heavy (non-hydrogen) atoms. The molecule has 1 saturated carbocycles. The number of guanidine groups is 1. The lowest BCUT2D eigenvalue weighted by molar-refractivity contribution is -0.119. The molecule has 1 aromatic rings. The van der Waals surface area contributed by atoms with Gasteiger partial charge in [0.25, 0.3) is 5.91 Å². The Morgan fingerprint density at radius 1 is 1.30 bits per heavy atom. The predicted octanol–water partition coefficient (Wildman–Crippen LogP) is 3.19. The van der Waals surface area contributed by atoms with Crippen LogP contribution in [0.4, 0.5) is 0 Å². The summed E-state index contributed by atoms with van der Waals surface area (Å²) in [6.07, 6.45) is 8.12. The smallest absolute Gasteiger partial charge is 0.255 e. The Hall–Kier alpha value is -1.51. The van der Waals surface area contributed by atoms with Crippen molar-refractivity contribution in [3.63, 3.8) is 0 Å². The number of hydrogen-bond donors (Lipinski definition) is 3. The van der Waals surface area contributed by atoms with Crippen LogP contribution in [0.5, 0.6) is 5.75 Å². The van der Waals surface area contributed by atoms with Gasteiger partial charge in [-0.05, 0) is 43.4 Å². The van der Waals surface area contributed by atoms with E-state index in [1.165, 1.54) is 38.5 Å². The minimum absolute atomic E-state index is 0. The molecule has 152 valence electrons. The van der Waals surface area contributed by atoms with Crippen LogP contribution in [-0.2, 0) is 11.3 Å². The van der Waals surface area contributed by atoms with Gasteiger partial charge in [0, 0.05) is 13.1 Å². The van der Waals surface area contributed by atoms with E-state index < -0.39 is 5.91 Å². The van der Waals surface area contributed by atoms with Crippen molar-refractivity contribution in [2.75, 3.05) is 19.7 Å². The lowest BCUT2D eigenvalue weighted by Crippen LogP contribution is -2.37. The maximum Gasteiger partial charge on any atom is 0.255 e. The van der Waals surface area contributed by atoms with E-state index >= 15 is 0 Å². The van der Waals surface area contributed by atoms with Crippen molar-refractivity contribution in [2.24, 2.45) is 16.6 Å². The number of amides is 1. The van der Waals surface area contributed by atoms with Gasteiger partial charge in [-0.25, -0.2) is 4.99 Å². The first-order valence-electron chi connectivity index (χ1n) is 9.69. The Kier molecular flexibility index (Phi) is 11.9. The summed E-state index contributed by atoms with van der Waals surface area (Å²) in [5.41, 5.74) is 6.13. The number of hydrogen-bond acceptors (Lipinski definition) is 3. The normalized spacial score (nSPS) is 14.5. The van der Waals surface area contributed by atoms with Crippen LogP contribution in [0.2, 0.25) is 0 Å². The van der Waals surface area contributed by atoms with Gasteiger partial charge in [0.2, 0.25) is 0 Å². The maximum atomic E-state index is 10.8. The van der Waals surface area contributed by atoms with Crippen LogP contribution in [0.15, 0.2) is 29.3 Å². The maximum absolute atomic E-state index is 10.8. The fraction of sp³-hybridized carbons (Fsp3) is 0.600. The molecule has 1 fully saturated rings. The highest BCUT2D eigenvalue weighted by Crippen LogP contribution is 2.28. The highest BCUT2D eigenvalue weighted by molar-refractivity contribution is 14.0. The average molecular weight is 488 g/mol. The van der Waals surface area contributed by atoms with Gasteiger partial charge in [0.1, 0.15) is 5.75 Å². The third-order valence-corrected chi connectivity index (χ3v) is 4.60. The lowest BCUT2D eigenvalue weighted by atomic mass is 10.0. The van der Waals surface area contributed by atoms with Gasteiger partial charge in [-0.3, -0.25) is 4.79 Å². The Morgan fingerprint density at radius 2 is 2.07 bits per heavy atom. The number of primary amides is 1. The van der Waals surface area contributed by atoms with Crippen molar-refractivity contribution >= 4 is 35.8 Å². The molecule has 6 nitrogen and oxygen atoms in total. The quantitative estimate of drug-likeness (QED) is 0.204. The number of carbonyl (C=O) groups excluding carboxylic acids is 1. The van der Waals surface area contributed by atoms with E-state index in [-0.39, 0.29) is 30.6 Å². The number of benzene rings is 1. The van der Waals surface area contributed by atoms with Gasteiger partial charge in [0.05, 0.1) is 6.54 Å². The zero-order chi connectivity index (χ0) is 18.6. The molecule has 0 spiro atoms. The number of rotatable bonds is 10. The largest absolute Gasteiger partial charge is 0.484 e. The highest BCUT2D eigenvalue weighted by atomic mass is 127. The molecule has 1 amide bonds. The number of aliphatic imine (C=N–C) groups is 1. The van der Waals surface area contributed by atoms with Crippen molar-refractivity contribution < 1.29 is 9.53 Å². The first-order chi connectivity index (χ1) is 12.7. The molecule has 0 bridgehead atoms. The SMILES string of the molecule is CCNC(=NCc1cccc(OCC(N)=O)c1)NCCCC1CCCC1.I. The van der Waals surface area contributed by atoms with Crippen LogP contribution in [-0.4, -0.2) is 31.6 Å². The summed E-state index contributed by atoms with van der Waals surface area (Å²) in [7, 11) is 0. The van der Waals surface area contributed by atoms with Gasteiger partial charge in [0.15, 0.2) is 12.6 Å². The summed E-state index contributed by atoms with van der Waals surface area (Å²) in [5.74, 6) is 1.91. The lowest BCUT2D eigenvalue weighted by Gasteiger charge is -2.13. The van der Waals surface area contributed by atoms with Gasteiger partial charge in [-0.1, -0.05) is 37.8 Å². The zero-order valence-electron chi connectivity index (χ0n) is 16.2. The topological polar surface area (TPSA) is 88.7 Å². The second-order valence-electron chi connectivity index (χ2n) is 6.82. The minimum atomic E-state index is -0.482. The van der Waals surface area contributed by atoms with E-state index in [1.807, 2.05) is 24.3 Å². The van der Waals surface area contributed by atoms with E-state index in [4.69, 9.17) is 10.5 Å². The molecule has 0 unspecified atom stereocenters. The van der Waals surface area contributed by atoms with Crippen molar-refractivity contribution in [3.8, 4) is 5.75 Å². The van der Waals surface area contributed by atoms with Crippen LogP contribution in [0.25, 0.3) is 0 Å². The Labute approximate surface area is 179 Å². The molecule has 0 heterocycles. The van der Waals surface area contributed by atoms with Crippen LogP contribution in [0.1, 0.15) is 51.0 Å². The Balaban J connectivity index is 0.00000364. The van der Waals surface area contributed by atoms with E-state index in [9.17, 15) is 4.79 Å². The third-order valence-electron chi connectivity index (χ3n) is 4.60. The number of ether oxygens (including phenoxy) is 1. The fourth-order valence-electron chi connectivity index (χ4n) is 3.30. The summed E-state index contributed by atoms with van der Waals surface area (Å²) in [5, 5.41) is 6.70. The number of nitrogens with one attached hydrogen (secondary N) is 2. The first-order valence-corrected chi connectivity index (χ1v) is 9.69. The summed E-state index contributed by atoms with van der Waals surface area (Å²) in [4.78, 5) is 15.4. The standard InChI is InChI=1S/C20H32N4O2.HI/c1-2-22-20(23-12-6-10-16-7-3-4-8-16)24-14-17-9-5-11-18(13-17)26-15-19(21)25;/h5,9,11,13,16H,2-4,6-8,10,12,14-15H2,1H3,(H2,21,25)(H2,22,23,24);1H. The molecule has 0 aromatic heterocycles. The Morgan fingerprint density at radius 3 is 2.78 bits per heavy atom. The van der Waals surface area contributed by atoms with Gasteiger partial charge < -0.3 is 21.1 Å². The predicted molar refractivity (Wildman–Crippen MR) is 121 cm³/mol. The van der Waals surface area contributed by atoms with Crippen molar-refractivity contribution in [3.05, 3.63) is 29.8 Å². The molecule has 4 N–H and O–H groups in total. The number of carbonyl (C=O) groups is 1. The molecule has 1 aliphatic rings. The first kappa shape index (κ1) is 23.5. The number of halogens is 1. The third kappa shape index (κ3) is 9.83. The zero-order valence-corrected chi connectivity index (χ0v) is 18.5. The van der Waals surface area contributed by atoms with Crippen LogP contribution < -0.4 is 21.1 Å². The monoisotopic (exact) mass is 488 g/mol. The molecule has 0 aliphatic heterocycles. The van der Waals surface area contributed by atoms with Crippen molar-refractivity contribution in [1.82, 2.24) is 10.6 Å².